The van der Waals surface area contributed by atoms with Gasteiger partial charge in [-0.05, 0) is 63.2 Å². The van der Waals surface area contributed by atoms with Crippen molar-refractivity contribution in [2.24, 2.45) is 0 Å². The van der Waals surface area contributed by atoms with Gasteiger partial charge in [-0.1, -0.05) is 0 Å². The molecule has 1 heterocycles. The van der Waals surface area contributed by atoms with Gasteiger partial charge in [-0.3, -0.25) is 24.1 Å². The Labute approximate surface area is 180 Å². The fourth-order valence-electron chi connectivity index (χ4n) is 3.30. The van der Waals surface area contributed by atoms with Gasteiger partial charge in [0.25, 0.3) is 23.6 Å². The molecule has 162 valence electrons. The van der Waals surface area contributed by atoms with Crippen LogP contribution < -0.4 is 15.4 Å². The summed E-state index contributed by atoms with van der Waals surface area (Å²) in [6.07, 6.45) is 0. The highest BCUT2D eigenvalue weighted by molar-refractivity contribution is 6.22. The molecule has 2 aromatic carbocycles. The number of ether oxygens (including phenoxy) is 1. The van der Waals surface area contributed by atoms with E-state index < -0.39 is 5.91 Å². The van der Waals surface area contributed by atoms with Crippen LogP contribution in [0, 0.1) is 0 Å². The second kappa shape index (κ2) is 9.42. The molecule has 1 aliphatic heterocycles. The number of rotatable bonds is 8. The second-order valence-electron chi connectivity index (χ2n) is 7.30. The first-order valence-electron chi connectivity index (χ1n) is 10.1. The first-order valence-corrected chi connectivity index (χ1v) is 10.1. The summed E-state index contributed by atoms with van der Waals surface area (Å²) in [5, 5.41) is 5.43. The first kappa shape index (κ1) is 22.0. The van der Waals surface area contributed by atoms with Gasteiger partial charge in [-0.25, -0.2) is 0 Å². The lowest BCUT2D eigenvalue weighted by molar-refractivity contribution is 0.0608. The average molecular weight is 423 g/mol. The Bertz CT molecular complexity index is 1010. The highest BCUT2D eigenvalue weighted by atomic mass is 16.5. The summed E-state index contributed by atoms with van der Waals surface area (Å²) in [7, 11) is 0. The maximum absolute atomic E-state index is 12.5. The molecule has 0 atom stereocenters. The van der Waals surface area contributed by atoms with E-state index in [9.17, 15) is 19.2 Å². The monoisotopic (exact) mass is 423 g/mol. The van der Waals surface area contributed by atoms with E-state index in [1.807, 2.05) is 6.92 Å². The van der Waals surface area contributed by atoms with Crippen molar-refractivity contribution < 1.29 is 23.9 Å². The van der Waals surface area contributed by atoms with Crippen molar-refractivity contribution in [1.82, 2.24) is 15.5 Å². The van der Waals surface area contributed by atoms with E-state index in [0.29, 0.717) is 23.5 Å². The number of nitrogens with zero attached hydrogens (tertiary/aromatic N) is 1. The van der Waals surface area contributed by atoms with Crippen molar-refractivity contribution in [2.45, 2.75) is 26.8 Å². The van der Waals surface area contributed by atoms with Gasteiger partial charge < -0.3 is 15.4 Å². The predicted molar refractivity (Wildman–Crippen MR) is 114 cm³/mol. The summed E-state index contributed by atoms with van der Waals surface area (Å²) >= 11 is 0. The third-order valence-electron chi connectivity index (χ3n) is 4.82. The SMILES string of the molecule is CCOc1ccc(C(=O)NCCNC(=O)c2ccc3c(c2)C(=O)N(C(C)C)C3=O)cc1. The molecule has 2 N–H and O–H groups in total. The standard InChI is InChI=1S/C23H25N3O5/c1-4-31-17-8-5-15(6-9-17)20(27)24-11-12-25-21(28)16-7-10-18-19(13-16)23(30)26(14(2)3)22(18)29/h5-10,13-14H,4,11-12H2,1-3H3,(H,24,27)(H,25,28). The van der Waals surface area contributed by atoms with Gasteiger partial charge in [-0.15, -0.1) is 0 Å². The van der Waals surface area contributed by atoms with Crippen LogP contribution >= 0.6 is 0 Å². The summed E-state index contributed by atoms with van der Waals surface area (Å²) in [6, 6.07) is 11.0. The topological polar surface area (TPSA) is 105 Å². The lowest BCUT2D eigenvalue weighted by Gasteiger charge is -2.17. The Morgan fingerprint density at radius 3 is 2.00 bits per heavy atom. The molecule has 0 unspecified atom stereocenters. The number of carbonyl (C=O) groups excluding carboxylic acids is 4. The number of benzene rings is 2. The zero-order valence-electron chi connectivity index (χ0n) is 17.7. The quantitative estimate of drug-likeness (QED) is 0.501. The Hall–Kier alpha value is -3.68. The fraction of sp³-hybridized carbons (Fsp3) is 0.304. The molecule has 31 heavy (non-hydrogen) atoms. The van der Waals surface area contributed by atoms with Gasteiger partial charge in [0, 0.05) is 30.3 Å². The highest BCUT2D eigenvalue weighted by Crippen LogP contribution is 2.25. The minimum atomic E-state index is -0.396. The van der Waals surface area contributed by atoms with E-state index in [-0.39, 0.29) is 48.0 Å². The highest BCUT2D eigenvalue weighted by Gasteiger charge is 2.37. The molecule has 1 aliphatic rings. The minimum absolute atomic E-state index is 0.212. The molecule has 0 fully saturated rings. The third kappa shape index (κ3) is 4.74. The molecule has 0 aliphatic carbocycles. The van der Waals surface area contributed by atoms with Crippen molar-refractivity contribution in [3.8, 4) is 5.75 Å². The van der Waals surface area contributed by atoms with Crippen molar-refractivity contribution in [2.75, 3.05) is 19.7 Å². The van der Waals surface area contributed by atoms with Gasteiger partial charge in [0.05, 0.1) is 17.7 Å². The largest absolute Gasteiger partial charge is 0.494 e. The van der Waals surface area contributed by atoms with Gasteiger partial charge in [0.1, 0.15) is 5.75 Å². The van der Waals surface area contributed by atoms with Crippen LogP contribution in [-0.2, 0) is 0 Å². The predicted octanol–water partition coefficient (Wildman–Crippen LogP) is 2.25. The Kier molecular flexibility index (Phi) is 6.69. The van der Waals surface area contributed by atoms with Crippen molar-refractivity contribution >= 4 is 23.6 Å². The van der Waals surface area contributed by atoms with Crippen LogP contribution in [0.1, 0.15) is 62.2 Å². The molecule has 0 spiro atoms. The van der Waals surface area contributed by atoms with Crippen LogP contribution in [0.3, 0.4) is 0 Å². The average Bonchev–Trinajstić information content (AvgIpc) is 3.01. The van der Waals surface area contributed by atoms with Gasteiger partial charge in [-0.2, -0.15) is 0 Å². The first-order chi connectivity index (χ1) is 14.8. The molecule has 4 amide bonds. The van der Waals surface area contributed by atoms with Gasteiger partial charge in [0.15, 0.2) is 0 Å². The van der Waals surface area contributed by atoms with Crippen LogP contribution in [0.2, 0.25) is 0 Å². The number of nitrogens with one attached hydrogen (secondary N) is 2. The van der Waals surface area contributed by atoms with Crippen LogP contribution in [0.25, 0.3) is 0 Å². The third-order valence-corrected chi connectivity index (χ3v) is 4.82. The minimum Gasteiger partial charge on any atom is -0.494 e. The molecule has 8 heteroatoms. The molecular weight excluding hydrogens is 398 g/mol. The molecule has 8 nitrogen and oxygen atoms in total. The summed E-state index contributed by atoms with van der Waals surface area (Å²) in [4.78, 5) is 50.6. The zero-order valence-corrected chi connectivity index (χ0v) is 17.7. The van der Waals surface area contributed by atoms with Gasteiger partial charge >= 0.3 is 0 Å². The number of hydrogen-bond acceptors (Lipinski definition) is 5. The lowest BCUT2D eigenvalue weighted by atomic mass is 10.1. The molecule has 0 saturated carbocycles. The summed E-state index contributed by atoms with van der Waals surface area (Å²) in [6.45, 7) is 6.41. The van der Waals surface area contributed by atoms with Crippen molar-refractivity contribution in [3.05, 3.63) is 64.7 Å². The molecular formula is C23H25N3O5. The van der Waals surface area contributed by atoms with Crippen LogP contribution in [0.4, 0.5) is 0 Å². The summed E-state index contributed by atoms with van der Waals surface area (Å²) in [5.74, 6) is -0.697. The summed E-state index contributed by atoms with van der Waals surface area (Å²) in [5.41, 5.74) is 1.31. The molecule has 0 bridgehead atoms. The Balaban J connectivity index is 1.52. The lowest BCUT2D eigenvalue weighted by Crippen LogP contribution is -2.36. The molecule has 3 rings (SSSR count). The van der Waals surface area contributed by atoms with E-state index in [0.717, 1.165) is 0 Å². The number of hydrogen-bond donors (Lipinski definition) is 2. The fourth-order valence-corrected chi connectivity index (χ4v) is 3.30. The number of fused-ring (bicyclic) bond motifs is 1. The Morgan fingerprint density at radius 2 is 1.42 bits per heavy atom. The number of carbonyl (C=O) groups is 4. The second-order valence-corrected chi connectivity index (χ2v) is 7.30. The summed E-state index contributed by atoms with van der Waals surface area (Å²) < 4.78 is 5.34. The van der Waals surface area contributed by atoms with Crippen molar-refractivity contribution in [1.29, 1.82) is 0 Å². The van der Waals surface area contributed by atoms with E-state index in [1.165, 1.54) is 23.1 Å². The zero-order chi connectivity index (χ0) is 22.5. The number of imide groups is 1. The Morgan fingerprint density at radius 1 is 0.871 bits per heavy atom. The maximum atomic E-state index is 12.5. The van der Waals surface area contributed by atoms with Crippen LogP contribution in [0.15, 0.2) is 42.5 Å². The van der Waals surface area contributed by atoms with Crippen LogP contribution in [-0.4, -0.2) is 54.3 Å². The normalized spacial score (nSPS) is 12.7. The van der Waals surface area contributed by atoms with Gasteiger partial charge in [0.2, 0.25) is 0 Å². The molecule has 2 aromatic rings. The molecule has 0 radical (unpaired) electrons. The van der Waals surface area contributed by atoms with E-state index in [2.05, 4.69) is 10.6 Å². The number of amides is 4. The van der Waals surface area contributed by atoms with E-state index >= 15 is 0 Å². The van der Waals surface area contributed by atoms with E-state index in [4.69, 9.17) is 4.74 Å². The smallest absolute Gasteiger partial charge is 0.261 e. The molecule has 0 aromatic heterocycles. The van der Waals surface area contributed by atoms with Crippen LogP contribution in [0.5, 0.6) is 5.75 Å². The molecule has 0 saturated heterocycles. The van der Waals surface area contributed by atoms with Crippen molar-refractivity contribution in [3.63, 3.8) is 0 Å². The maximum Gasteiger partial charge on any atom is 0.261 e. The van der Waals surface area contributed by atoms with E-state index in [1.54, 1.807) is 38.1 Å².